The number of hydrogen-bond acceptors (Lipinski definition) is 9. The maximum Gasteiger partial charge on any atom is 0.414 e. The number of fused-ring (bicyclic) bond motifs is 1. The number of nitrogens with two attached hydrogens (primary N) is 1. The first-order valence-corrected chi connectivity index (χ1v) is 12.1. The minimum absolute atomic E-state index is 0.00459. The van der Waals surface area contributed by atoms with Gasteiger partial charge in [0.05, 0.1) is 19.8 Å². The minimum atomic E-state index is -1.82. The molecule has 2 unspecified atom stereocenters. The molecule has 2 aromatic rings. The van der Waals surface area contributed by atoms with E-state index in [9.17, 15) is 0 Å². The lowest BCUT2D eigenvalue weighted by molar-refractivity contribution is -0.159. The van der Waals surface area contributed by atoms with Crippen molar-refractivity contribution >= 4 is 11.9 Å². The van der Waals surface area contributed by atoms with Gasteiger partial charge in [-0.1, -0.05) is 18.2 Å². The highest BCUT2D eigenvalue weighted by molar-refractivity contribution is 6.27. The predicted molar refractivity (Wildman–Crippen MR) is 133 cm³/mol. The van der Waals surface area contributed by atoms with Crippen molar-refractivity contribution in [1.82, 2.24) is 4.90 Å². The predicted octanol–water partition coefficient (Wildman–Crippen LogP) is 2.53. The van der Waals surface area contributed by atoms with Crippen LogP contribution in [0.15, 0.2) is 42.5 Å². The summed E-state index contributed by atoms with van der Waals surface area (Å²) < 4.78 is 28.7. The number of morpholine rings is 1. The summed E-state index contributed by atoms with van der Waals surface area (Å²) in [4.78, 5) is 20.6. The summed E-state index contributed by atoms with van der Waals surface area (Å²) in [5, 5.41) is 14.8. The molecule has 11 nitrogen and oxygen atoms in total. The molecule has 2 heterocycles. The zero-order chi connectivity index (χ0) is 26.6. The molecule has 1 saturated heterocycles. The van der Waals surface area contributed by atoms with E-state index < -0.39 is 11.9 Å². The summed E-state index contributed by atoms with van der Waals surface area (Å²) >= 11 is 0. The van der Waals surface area contributed by atoms with E-state index in [1.165, 1.54) is 0 Å². The molecule has 0 radical (unpaired) electrons. The zero-order valence-electron chi connectivity index (χ0n) is 20.8. The highest BCUT2D eigenvalue weighted by Crippen LogP contribution is 2.42. The summed E-state index contributed by atoms with van der Waals surface area (Å²) in [7, 11) is 0. The molecular weight excluding hydrogens is 484 g/mol. The van der Waals surface area contributed by atoms with Crippen LogP contribution >= 0.6 is 0 Å². The van der Waals surface area contributed by atoms with Crippen LogP contribution in [0.2, 0.25) is 0 Å². The van der Waals surface area contributed by atoms with Gasteiger partial charge in [0.15, 0.2) is 11.5 Å². The van der Waals surface area contributed by atoms with Crippen LogP contribution in [-0.4, -0.2) is 79.3 Å². The number of hydrogen-bond donors (Lipinski definition) is 3. The Bertz CT molecular complexity index is 996. The molecule has 4 rings (SSSR count). The number of para-hydroxylation sites is 1. The Morgan fingerprint density at radius 1 is 1.05 bits per heavy atom. The average molecular weight is 519 g/mol. The van der Waals surface area contributed by atoms with Crippen LogP contribution in [0.1, 0.15) is 31.4 Å². The highest BCUT2D eigenvalue weighted by Gasteiger charge is 2.23. The smallest absolute Gasteiger partial charge is 0.414 e. The lowest BCUT2D eigenvalue weighted by atomic mass is 10.0. The number of benzene rings is 2. The van der Waals surface area contributed by atoms with Crippen molar-refractivity contribution in [2.45, 2.75) is 31.9 Å². The van der Waals surface area contributed by atoms with Gasteiger partial charge < -0.3 is 39.6 Å². The van der Waals surface area contributed by atoms with Crippen molar-refractivity contribution in [1.29, 1.82) is 0 Å². The van der Waals surface area contributed by atoms with E-state index in [-0.39, 0.29) is 18.9 Å². The molecule has 0 bridgehead atoms. The number of carboxylic acid groups (broad SMARTS) is 2. The summed E-state index contributed by atoms with van der Waals surface area (Å²) in [6.45, 7) is 7.62. The van der Waals surface area contributed by atoms with E-state index >= 15 is 0 Å². The fraction of sp³-hybridized carbons (Fsp3) is 0.462. The first-order chi connectivity index (χ1) is 17.8. The van der Waals surface area contributed by atoms with Gasteiger partial charge in [-0.25, -0.2) is 9.59 Å². The molecule has 2 aliphatic rings. The second-order valence-electron chi connectivity index (χ2n) is 8.64. The van der Waals surface area contributed by atoms with E-state index in [1.54, 1.807) is 0 Å². The number of ether oxygens (including phenoxy) is 5. The van der Waals surface area contributed by atoms with E-state index in [2.05, 4.69) is 4.90 Å². The first-order valence-electron chi connectivity index (χ1n) is 12.1. The van der Waals surface area contributed by atoms with Gasteiger partial charge in [0, 0.05) is 32.1 Å². The molecule has 2 atom stereocenters. The number of carboxylic acids is 2. The van der Waals surface area contributed by atoms with Gasteiger partial charge in [-0.05, 0) is 43.2 Å². The van der Waals surface area contributed by atoms with Gasteiger partial charge in [-0.3, -0.25) is 4.90 Å². The maximum absolute atomic E-state index is 9.10. The molecule has 0 spiro atoms. The van der Waals surface area contributed by atoms with E-state index in [4.69, 9.17) is 49.2 Å². The van der Waals surface area contributed by atoms with Crippen LogP contribution in [0, 0.1) is 0 Å². The van der Waals surface area contributed by atoms with Crippen molar-refractivity contribution in [3.05, 3.63) is 48.0 Å². The van der Waals surface area contributed by atoms with Gasteiger partial charge in [-0.15, -0.1) is 0 Å². The van der Waals surface area contributed by atoms with Crippen LogP contribution in [0.5, 0.6) is 23.0 Å². The van der Waals surface area contributed by atoms with Gasteiger partial charge in [0.1, 0.15) is 11.9 Å². The highest BCUT2D eigenvalue weighted by atomic mass is 16.7. The summed E-state index contributed by atoms with van der Waals surface area (Å²) in [6, 6.07) is 13.8. The normalized spacial score (nSPS) is 16.2. The fourth-order valence-electron chi connectivity index (χ4n) is 3.82. The van der Waals surface area contributed by atoms with E-state index in [0.717, 1.165) is 50.6 Å². The van der Waals surface area contributed by atoms with Crippen molar-refractivity contribution in [2.75, 3.05) is 46.2 Å². The van der Waals surface area contributed by atoms with Crippen LogP contribution < -0.4 is 24.7 Å². The topological polar surface area (TPSA) is 150 Å². The van der Waals surface area contributed by atoms with Crippen LogP contribution in [-0.2, 0) is 14.3 Å². The summed E-state index contributed by atoms with van der Waals surface area (Å²) in [6.07, 6.45) is 1.50. The van der Waals surface area contributed by atoms with Crippen molar-refractivity contribution in [3.63, 3.8) is 0 Å². The molecule has 37 heavy (non-hydrogen) atoms. The van der Waals surface area contributed by atoms with Gasteiger partial charge in [0.25, 0.3) is 0 Å². The van der Waals surface area contributed by atoms with Gasteiger partial charge >= 0.3 is 11.9 Å². The second-order valence-corrected chi connectivity index (χ2v) is 8.64. The molecule has 0 amide bonds. The average Bonchev–Trinajstić information content (AvgIpc) is 3.37. The Morgan fingerprint density at radius 2 is 1.76 bits per heavy atom. The molecule has 4 N–H and O–H groups in total. The molecule has 1 fully saturated rings. The van der Waals surface area contributed by atoms with Crippen LogP contribution in [0.4, 0.5) is 0 Å². The van der Waals surface area contributed by atoms with Gasteiger partial charge in [-0.2, -0.15) is 0 Å². The largest absolute Gasteiger partial charge is 0.494 e. The third-order valence-electron chi connectivity index (χ3n) is 5.64. The molecule has 0 aliphatic carbocycles. The third kappa shape index (κ3) is 9.12. The number of aliphatic carboxylic acids is 2. The molecule has 202 valence electrons. The molecule has 0 aromatic heterocycles. The Hall–Kier alpha value is -3.54. The van der Waals surface area contributed by atoms with Crippen molar-refractivity contribution in [3.8, 4) is 23.0 Å². The fourth-order valence-corrected chi connectivity index (χ4v) is 3.82. The zero-order valence-corrected chi connectivity index (χ0v) is 20.8. The Balaban J connectivity index is 0.000000568. The van der Waals surface area contributed by atoms with Crippen molar-refractivity contribution < 1.29 is 43.5 Å². The molecule has 11 heteroatoms. The second kappa shape index (κ2) is 14.3. The Morgan fingerprint density at radius 3 is 2.41 bits per heavy atom. The monoisotopic (exact) mass is 518 g/mol. The quantitative estimate of drug-likeness (QED) is 0.314. The van der Waals surface area contributed by atoms with Crippen molar-refractivity contribution in [2.24, 2.45) is 5.73 Å². The lowest BCUT2D eigenvalue weighted by Gasteiger charge is -2.26. The maximum atomic E-state index is 9.10. The SMILES string of the molecule is CC(N)CC(Oc1cccc2c1OCO2)c1ccc(OCCCN2CCOCC2)cc1.O=C(O)C(=O)O. The molecular formula is C26H34N2O9. The molecule has 2 aromatic carbocycles. The number of rotatable bonds is 10. The molecule has 0 saturated carbocycles. The van der Waals surface area contributed by atoms with E-state index in [0.29, 0.717) is 30.3 Å². The van der Waals surface area contributed by atoms with Gasteiger partial charge in [0.2, 0.25) is 12.5 Å². The number of carbonyl (C=O) groups is 2. The van der Waals surface area contributed by atoms with Crippen LogP contribution in [0.3, 0.4) is 0 Å². The molecule has 2 aliphatic heterocycles. The standard InChI is InChI=1S/C24H32N2O5.C2H2O4/c1-18(25)16-23(31-22-5-2-4-21-24(22)30-17-29-21)19-6-8-20(9-7-19)28-13-3-10-26-11-14-27-15-12-26;3-1(4)2(5)6/h2,4-9,18,23H,3,10-17,25H2,1H3;(H,3,4)(H,5,6). The first kappa shape index (κ1) is 28.0. The third-order valence-corrected chi connectivity index (χ3v) is 5.64. The summed E-state index contributed by atoms with van der Waals surface area (Å²) in [5.74, 6) is -0.757. The van der Waals surface area contributed by atoms with E-state index in [1.807, 2.05) is 49.4 Å². The van der Waals surface area contributed by atoms with Crippen LogP contribution in [0.25, 0.3) is 0 Å². The Labute approximate surface area is 215 Å². The minimum Gasteiger partial charge on any atom is -0.494 e. The Kier molecular flexibility index (Phi) is 10.8. The lowest BCUT2D eigenvalue weighted by Crippen LogP contribution is -2.37. The summed E-state index contributed by atoms with van der Waals surface area (Å²) in [5.41, 5.74) is 7.15. The number of nitrogens with zero attached hydrogens (tertiary/aromatic N) is 1.